The van der Waals surface area contributed by atoms with Crippen molar-refractivity contribution in [3.8, 4) is 0 Å². The molecule has 1 heterocycles. The lowest BCUT2D eigenvalue weighted by Crippen LogP contribution is -2.29. The number of amides is 2. The van der Waals surface area contributed by atoms with Crippen molar-refractivity contribution < 1.29 is 9.59 Å². The monoisotopic (exact) mass is 494 g/mol. The van der Waals surface area contributed by atoms with Crippen molar-refractivity contribution in [2.24, 2.45) is 0 Å². The molecule has 6 heteroatoms. The zero-order valence-electron chi connectivity index (χ0n) is 17.3. The predicted octanol–water partition coefficient (Wildman–Crippen LogP) is 6.60. The zero-order valence-corrected chi connectivity index (χ0v) is 19.7. The van der Waals surface area contributed by atoms with Crippen LogP contribution in [0.5, 0.6) is 0 Å². The highest BCUT2D eigenvalue weighted by Crippen LogP contribution is 2.46. The average Bonchev–Trinajstić information content (AvgIpc) is 3.15. The summed E-state index contributed by atoms with van der Waals surface area (Å²) in [6.45, 7) is 4.27. The summed E-state index contributed by atoms with van der Waals surface area (Å²) in [5.74, 6) is 0.598. The van der Waals surface area contributed by atoms with E-state index in [0.29, 0.717) is 22.9 Å². The maximum absolute atomic E-state index is 12.9. The van der Waals surface area contributed by atoms with E-state index in [-0.39, 0.29) is 17.2 Å². The third-order valence-corrected chi connectivity index (χ3v) is 6.94. The quantitative estimate of drug-likeness (QED) is 0.434. The molecule has 0 unspecified atom stereocenters. The van der Waals surface area contributed by atoms with Gasteiger partial charge in [-0.25, -0.2) is 0 Å². The number of rotatable bonds is 5. The van der Waals surface area contributed by atoms with Crippen LogP contribution in [0.1, 0.15) is 46.6 Å². The van der Waals surface area contributed by atoms with Gasteiger partial charge in [0, 0.05) is 27.0 Å². The zero-order chi connectivity index (χ0) is 22.0. The molecule has 0 spiro atoms. The molecule has 2 amide bonds. The topological polar surface area (TPSA) is 49.4 Å². The second kappa shape index (κ2) is 9.28. The second-order valence-electron chi connectivity index (χ2n) is 7.69. The van der Waals surface area contributed by atoms with Gasteiger partial charge in [-0.3, -0.25) is 14.5 Å². The fraction of sp³-hybridized carbons (Fsp3) is 0.200. The SMILES string of the molecule is CC(C)c1ccccc1N1C(=O)CS[C@@H]1c1ccccc1NC(=O)c1cccc(Br)c1. The van der Waals surface area contributed by atoms with Crippen molar-refractivity contribution in [3.63, 3.8) is 0 Å². The van der Waals surface area contributed by atoms with Crippen molar-refractivity contribution in [3.05, 3.63) is 94.0 Å². The highest BCUT2D eigenvalue weighted by molar-refractivity contribution is 9.10. The van der Waals surface area contributed by atoms with Crippen LogP contribution >= 0.6 is 27.7 Å². The number of carbonyl (C=O) groups excluding carboxylic acids is 2. The molecule has 0 bridgehead atoms. The number of halogens is 1. The minimum absolute atomic E-state index is 0.0798. The number of hydrogen-bond donors (Lipinski definition) is 1. The van der Waals surface area contributed by atoms with Gasteiger partial charge in [0.05, 0.1) is 5.75 Å². The number of nitrogens with one attached hydrogen (secondary N) is 1. The van der Waals surface area contributed by atoms with E-state index in [1.807, 2.05) is 59.5 Å². The summed E-state index contributed by atoms with van der Waals surface area (Å²) in [6.07, 6.45) is 0. The van der Waals surface area contributed by atoms with Crippen LogP contribution in [-0.2, 0) is 4.79 Å². The Balaban J connectivity index is 1.70. The molecule has 158 valence electrons. The van der Waals surface area contributed by atoms with Crippen LogP contribution in [0.25, 0.3) is 0 Å². The van der Waals surface area contributed by atoms with Gasteiger partial charge < -0.3 is 5.32 Å². The van der Waals surface area contributed by atoms with Gasteiger partial charge in [-0.05, 0) is 41.8 Å². The Kier molecular flexibility index (Phi) is 6.49. The lowest BCUT2D eigenvalue weighted by molar-refractivity contribution is -0.115. The molecule has 4 rings (SSSR count). The Morgan fingerprint density at radius 2 is 1.81 bits per heavy atom. The van der Waals surface area contributed by atoms with Crippen LogP contribution in [0.15, 0.2) is 77.3 Å². The maximum atomic E-state index is 12.9. The minimum Gasteiger partial charge on any atom is -0.322 e. The molecule has 0 aromatic heterocycles. The van der Waals surface area contributed by atoms with E-state index >= 15 is 0 Å². The largest absolute Gasteiger partial charge is 0.322 e. The van der Waals surface area contributed by atoms with Crippen LogP contribution in [0.2, 0.25) is 0 Å². The highest BCUT2D eigenvalue weighted by Gasteiger charge is 2.36. The number of carbonyl (C=O) groups is 2. The number of benzene rings is 3. The van der Waals surface area contributed by atoms with Crippen LogP contribution in [0.3, 0.4) is 0 Å². The number of anilines is 2. The van der Waals surface area contributed by atoms with Crippen LogP contribution in [0.4, 0.5) is 11.4 Å². The summed E-state index contributed by atoms with van der Waals surface area (Å²) in [4.78, 5) is 27.7. The van der Waals surface area contributed by atoms with Crippen molar-refractivity contribution in [1.29, 1.82) is 0 Å². The number of hydrogen-bond acceptors (Lipinski definition) is 3. The Labute approximate surface area is 195 Å². The van der Waals surface area contributed by atoms with Crippen molar-refractivity contribution in [1.82, 2.24) is 0 Å². The van der Waals surface area contributed by atoms with Crippen molar-refractivity contribution in [2.75, 3.05) is 16.0 Å². The summed E-state index contributed by atoms with van der Waals surface area (Å²) in [6, 6.07) is 23.1. The molecule has 4 nitrogen and oxygen atoms in total. The lowest BCUT2D eigenvalue weighted by Gasteiger charge is -2.29. The van der Waals surface area contributed by atoms with E-state index in [4.69, 9.17) is 0 Å². The van der Waals surface area contributed by atoms with E-state index in [0.717, 1.165) is 21.3 Å². The van der Waals surface area contributed by atoms with E-state index in [9.17, 15) is 9.59 Å². The summed E-state index contributed by atoms with van der Waals surface area (Å²) < 4.78 is 0.849. The first-order valence-corrected chi connectivity index (χ1v) is 12.0. The second-order valence-corrected chi connectivity index (χ2v) is 9.68. The molecule has 0 saturated carbocycles. The molecule has 1 N–H and O–H groups in total. The summed E-state index contributed by atoms with van der Waals surface area (Å²) >= 11 is 5.00. The summed E-state index contributed by atoms with van der Waals surface area (Å²) in [5, 5.41) is 2.84. The van der Waals surface area contributed by atoms with Crippen LogP contribution in [0, 0.1) is 0 Å². The van der Waals surface area contributed by atoms with Gasteiger partial charge in [-0.2, -0.15) is 0 Å². The van der Waals surface area contributed by atoms with E-state index in [2.05, 4.69) is 41.2 Å². The standard InChI is InChI=1S/C25H23BrN2O2S/c1-16(2)19-10-4-6-13-22(19)28-23(29)15-31-25(28)20-11-3-5-12-21(20)27-24(30)17-8-7-9-18(26)14-17/h3-14,16,25H,15H2,1-2H3,(H,27,30)/t25-/m1/s1. The molecule has 1 aliphatic rings. The van der Waals surface area contributed by atoms with Gasteiger partial charge in [-0.15, -0.1) is 11.8 Å². The Morgan fingerprint density at radius 3 is 2.58 bits per heavy atom. The van der Waals surface area contributed by atoms with Gasteiger partial charge in [-0.1, -0.05) is 72.2 Å². The Bertz CT molecular complexity index is 1130. The summed E-state index contributed by atoms with van der Waals surface area (Å²) in [7, 11) is 0. The molecule has 0 radical (unpaired) electrons. The molecule has 1 fully saturated rings. The molecule has 1 aliphatic heterocycles. The van der Waals surface area contributed by atoms with Gasteiger partial charge in [0.2, 0.25) is 5.91 Å². The van der Waals surface area contributed by atoms with Crippen LogP contribution in [-0.4, -0.2) is 17.6 Å². The van der Waals surface area contributed by atoms with Gasteiger partial charge in [0.1, 0.15) is 5.37 Å². The first-order valence-electron chi connectivity index (χ1n) is 10.1. The first-order chi connectivity index (χ1) is 15.0. The average molecular weight is 495 g/mol. The third-order valence-electron chi connectivity index (χ3n) is 5.25. The van der Waals surface area contributed by atoms with Gasteiger partial charge in [0.25, 0.3) is 5.91 Å². The summed E-state index contributed by atoms with van der Waals surface area (Å²) in [5.41, 5.74) is 4.28. The molecule has 3 aromatic rings. The molecule has 1 atom stereocenters. The Hall–Kier alpha value is -2.57. The lowest BCUT2D eigenvalue weighted by atomic mass is 10.00. The van der Waals surface area contributed by atoms with E-state index in [1.54, 1.807) is 23.9 Å². The third kappa shape index (κ3) is 4.55. The smallest absolute Gasteiger partial charge is 0.255 e. The highest BCUT2D eigenvalue weighted by atomic mass is 79.9. The van der Waals surface area contributed by atoms with Crippen molar-refractivity contribution in [2.45, 2.75) is 25.1 Å². The molecule has 31 heavy (non-hydrogen) atoms. The predicted molar refractivity (Wildman–Crippen MR) is 132 cm³/mol. The van der Waals surface area contributed by atoms with E-state index in [1.165, 1.54) is 0 Å². The molecule has 3 aromatic carbocycles. The fourth-order valence-electron chi connectivity index (χ4n) is 3.76. The van der Waals surface area contributed by atoms with Crippen LogP contribution < -0.4 is 10.2 Å². The maximum Gasteiger partial charge on any atom is 0.255 e. The number of thioether (sulfide) groups is 1. The molecular formula is C25H23BrN2O2S. The minimum atomic E-state index is -0.202. The van der Waals surface area contributed by atoms with Gasteiger partial charge >= 0.3 is 0 Å². The Morgan fingerprint density at radius 1 is 1.06 bits per heavy atom. The van der Waals surface area contributed by atoms with Crippen molar-refractivity contribution >= 4 is 50.9 Å². The number of para-hydroxylation sites is 2. The first kappa shape index (κ1) is 21.7. The fourth-order valence-corrected chi connectivity index (χ4v) is 5.36. The molecular weight excluding hydrogens is 472 g/mol. The normalized spacial score (nSPS) is 16.1. The number of nitrogens with zero attached hydrogens (tertiary/aromatic N) is 1. The molecule has 0 aliphatic carbocycles. The van der Waals surface area contributed by atoms with Gasteiger partial charge in [0.15, 0.2) is 0 Å². The molecule has 1 saturated heterocycles. The van der Waals surface area contributed by atoms with E-state index < -0.39 is 0 Å².